The molecule has 1 spiro atoms. The summed E-state index contributed by atoms with van der Waals surface area (Å²) < 4.78 is 13.2. The van der Waals surface area contributed by atoms with Crippen molar-refractivity contribution in [2.75, 3.05) is 31.1 Å². The molecule has 1 aromatic carbocycles. The molecular weight excluding hydrogens is 391 g/mol. The van der Waals surface area contributed by atoms with Crippen LogP contribution in [-0.4, -0.2) is 47.1 Å². The standard InChI is InChI=1S/C25H31FN4O/c26-18-2-5-19(6-3-18)29-11-13-30(14-12-29)20-4-1-17(15-20)23-27-22-7-8-25(9-10-25)16-21(22)24(31)28-23/h2-3,5-6,17,20H,1,4,7-16H2,(H,27,28,31). The highest BCUT2D eigenvalue weighted by Gasteiger charge is 2.46. The average Bonchev–Trinajstić information content (AvgIpc) is 3.35. The van der Waals surface area contributed by atoms with Gasteiger partial charge in [-0.2, -0.15) is 0 Å². The van der Waals surface area contributed by atoms with E-state index in [0.29, 0.717) is 17.4 Å². The number of fused-ring (bicyclic) bond motifs is 1. The maximum absolute atomic E-state index is 13.2. The first-order valence-electron chi connectivity index (χ1n) is 12.0. The Labute approximate surface area is 182 Å². The quantitative estimate of drug-likeness (QED) is 0.821. The van der Waals surface area contributed by atoms with Crippen LogP contribution in [0.5, 0.6) is 0 Å². The molecule has 0 radical (unpaired) electrons. The van der Waals surface area contributed by atoms with E-state index >= 15 is 0 Å². The van der Waals surface area contributed by atoms with Gasteiger partial charge in [-0.15, -0.1) is 0 Å². The molecule has 2 atom stereocenters. The zero-order valence-electron chi connectivity index (χ0n) is 18.1. The van der Waals surface area contributed by atoms with Crippen molar-refractivity contribution in [3.8, 4) is 0 Å². The van der Waals surface area contributed by atoms with Crippen LogP contribution in [-0.2, 0) is 12.8 Å². The van der Waals surface area contributed by atoms with E-state index < -0.39 is 0 Å². The lowest BCUT2D eigenvalue weighted by Crippen LogP contribution is -2.49. The molecule has 0 bridgehead atoms. The zero-order valence-corrected chi connectivity index (χ0v) is 18.1. The highest BCUT2D eigenvalue weighted by atomic mass is 19.1. The lowest BCUT2D eigenvalue weighted by molar-refractivity contribution is 0.186. The number of hydrogen-bond donors (Lipinski definition) is 1. The molecular formula is C25H31FN4O. The fourth-order valence-electron chi connectivity index (χ4n) is 6.13. The summed E-state index contributed by atoms with van der Waals surface area (Å²) in [5.41, 5.74) is 3.72. The first-order chi connectivity index (χ1) is 15.1. The number of H-pyrrole nitrogens is 1. The average molecular weight is 423 g/mol. The Kier molecular flexibility index (Phi) is 4.67. The monoisotopic (exact) mass is 422 g/mol. The van der Waals surface area contributed by atoms with Gasteiger partial charge in [-0.1, -0.05) is 0 Å². The van der Waals surface area contributed by atoms with E-state index in [-0.39, 0.29) is 11.4 Å². The fourth-order valence-corrected chi connectivity index (χ4v) is 6.13. The summed E-state index contributed by atoms with van der Waals surface area (Å²) in [6.45, 7) is 4.01. The maximum atomic E-state index is 13.2. The zero-order chi connectivity index (χ0) is 21.0. The van der Waals surface area contributed by atoms with Gasteiger partial charge >= 0.3 is 0 Å². The van der Waals surface area contributed by atoms with Gasteiger partial charge in [0, 0.05) is 49.4 Å². The molecule has 0 amide bonds. The lowest BCUT2D eigenvalue weighted by atomic mass is 9.84. The molecule has 6 rings (SSSR count). The molecule has 3 fully saturated rings. The number of aromatic nitrogens is 2. The summed E-state index contributed by atoms with van der Waals surface area (Å²) in [4.78, 5) is 25.9. The first-order valence-corrected chi connectivity index (χ1v) is 12.0. The van der Waals surface area contributed by atoms with Gasteiger partial charge in [0.2, 0.25) is 0 Å². The molecule has 2 aromatic rings. The number of benzene rings is 1. The summed E-state index contributed by atoms with van der Waals surface area (Å²) in [7, 11) is 0. The van der Waals surface area contributed by atoms with E-state index in [0.717, 1.165) is 74.6 Å². The van der Waals surface area contributed by atoms with Crippen molar-refractivity contribution in [2.24, 2.45) is 5.41 Å². The molecule has 2 unspecified atom stereocenters. The number of hydrogen-bond acceptors (Lipinski definition) is 4. The summed E-state index contributed by atoms with van der Waals surface area (Å²) in [5, 5.41) is 0. The van der Waals surface area contributed by atoms with E-state index in [4.69, 9.17) is 4.98 Å². The Hall–Kier alpha value is -2.21. The summed E-state index contributed by atoms with van der Waals surface area (Å²) in [5.74, 6) is 1.12. The van der Waals surface area contributed by atoms with Gasteiger partial charge in [-0.05, 0) is 81.0 Å². The fraction of sp³-hybridized carbons (Fsp3) is 0.600. The number of aryl methyl sites for hydroxylation is 1. The van der Waals surface area contributed by atoms with Crippen LogP contribution in [0.4, 0.5) is 10.1 Å². The Morgan fingerprint density at radius 2 is 1.81 bits per heavy atom. The number of nitrogens with zero attached hydrogens (tertiary/aromatic N) is 3. The minimum absolute atomic E-state index is 0.127. The first kappa shape index (κ1) is 19.5. The Morgan fingerprint density at radius 1 is 1.03 bits per heavy atom. The second-order valence-corrected chi connectivity index (χ2v) is 10.2. The highest BCUT2D eigenvalue weighted by Crippen LogP contribution is 2.54. The molecule has 31 heavy (non-hydrogen) atoms. The third-order valence-electron chi connectivity index (χ3n) is 8.33. The van der Waals surface area contributed by atoms with E-state index in [1.54, 1.807) is 12.1 Å². The molecule has 164 valence electrons. The van der Waals surface area contributed by atoms with Gasteiger partial charge in [0.1, 0.15) is 11.6 Å². The van der Waals surface area contributed by atoms with Crippen molar-refractivity contribution < 1.29 is 4.39 Å². The van der Waals surface area contributed by atoms with Crippen LogP contribution in [0.3, 0.4) is 0 Å². The number of anilines is 1. The number of halogens is 1. The molecule has 1 saturated heterocycles. The Morgan fingerprint density at radius 3 is 2.55 bits per heavy atom. The molecule has 1 aromatic heterocycles. The number of piperazine rings is 1. The van der Waals surface area contributed by atoms with Crippen LogP contribution in [0, 0.1) is 11.2 Å². The third kappa shape index (κ3) is 3.69. The Bertz CT molecular complexity index is 1020. The molecule has 1 aliphatic heterocycles. The van der Waals surface area contributed by atoms with Crippen molar-refractivity contribution in [3.05, 3.63) is 57.5 Å². The molecule has 6 heteroatoms. The van der Waals surface area contributed by atoms with Gasteiger partial charge in [0.25, 0.3) is 5.56 Å². The van der Waals surface area contributed by atoms with Crippen LogP contribution in [0.1, 0.15) is 61.5 Å². The lowest BCUT2D eigenvalue weighted by Gasteiger charge is -2.39. The SMILES string of the molecule is O=c1[nH]c(C2CCC(N3CCN(c4ccc(F)cc4)CC3)C2)nc2c1CC1(CC2)CC1. The molecule has 2 saturated carbocycles. The van der Waals surface area contributed by atoms with Gasteiger partial charge in [0.15, 0.2) is 0 Å². The summed E-state index contributed by atoms with van der Waals surface area (Å²) in [6, 6.07) is 7.40. The van der Waals surface area contributed by atoms with Crippen LogP contribution >= 0.6 is 0 Å². The largest absolute Gasteiger partial charge is 0.369 e. The summed E-state index contributed by atoms with van der Waals surface area (Å²) in [6.07, 6.45) is 9.06. The second-order valence-electron chi connectivity index (χ2n) is 10.2. The van der Waals surface area contributed by atoms with E-state index in [1.165, 1.54) is 25.7 Å². The van der Waals surface area contributed by atoms with Crippen molar-refractivity contribution in [1.29, 1.82) is 0 Å². The van der Waals surface area contributed by atoms with Crippen molar-refractivity contribution in [1.82, 2.24) is 14.9 Å². The minimum atomic E-state index is -0.180. The third-order valence-corrected chi connectivity index (χ3v) is 8.33. The van der Waals surface area contributed by atoms with Crippen LogP contribution in [0.25, 0.3) is 0 Å². The predicted octanol–water partition coefficient (Wildman–Crippen LogP) is 3.64. The van der Waals surface area contributed by atoms with Gasteiger partial charge < -0.3 is 9.88 Å². The van der Waals surface area contributed by atoms with Gasteiger partial charge in [0.05, 0.1) is 5.69 Å². The molecule has 3 aliphatic carbocycles. The van der Waals surface area contributed by atoms with Crippen molar-refractivity contribution in [3.63, 3.8) is 0 Å². The minimum Gasteiger partial charge on any atom is -0.369 e. The van der Waals surface area contributed by atoms with Gasteiger partial charge in [-0.3, -0.25) is 9.69 Å². The van der Waals surface area contributed by atoms with E-state index in [1.807, 2.05) is 12.1 Å². The second kappa shape index (κ2) is 7.44. The molecule has 2 heterocycles. The topological polar surface area (TPSA) is 52.2 Å². The van der Waals surface area contributed by atoms with Crippen LogP contribution in [0.15, 0.2) is 29.1 Å². The smallest absolute Gasteiger partial charge is 0.254 e. The number of nitrogens with one attached hydrogen (secondary N) is 1. The normalized spacial score (nSPS) is 27.5. The van der Waals surface area contributed by atoms with Crippen LogP contribution in [0.2, 0.25) is 0 Å². The molecule has 4 aliphatic rings. The molecule has 1 N–H and O–H groups in total. The van der Waals surface area contributed by atoms with Crippen molar-refractivity contribution >= 4 is 5.69 Å². The summed E-state index contributed by atoms with van der Waals surface area (Å²) >= 11 is 0. The van der Waals surface area contributed by atoms with Crippen molar-refractivity contribution in [2.45, 2.75) is 63.3 Å². The molecule has 5 nitrogen and oxygen atoms in total. The number of rotatable bonds is 3. The Balaban J connectivity index is 1.09. The highest BCUT2D eigenvalue weighted by molar-refractivity contribution is 5.46. The van der Waals surface area contributed by atoms with Gasteiger partial charge in [-0.25, -0.2) is 9.37 Å². The van der Waals surface area contributed by atoms with Crippen LogP contribution < -0.4 is 10.5 Å². The van der Waals surface area contributed by atoms with E-state index in [2.05, 4.69) is 14.8 Å². The maximum Gasteiger partial charge on any atom is 0.254 e. The predicted molar refractivity (Wildman–Crippen MR) is 119 cm³/mol. The number of aromatic amines is 1. The van der Waals surface area contributed by atoms with E-state index in [9.17, 15) is 9.18 Å².